The maximum Gasteiger partial charge on any atom is 0.241 e. The number of hydrogen-bond acceptors (Lipinski definition) is 5. The van der Waals surface area contributed by atoms with E-state index in [4.69, 9.17) is 0 Å². The Hall–Kier alpha value is -2.69. The molecule has 1 aromatic heterocycles. The van der Waals surface area contributed by atoms with Gasteiger partial charge in [-0.15, -0.1) is 0 Å². The van der Waals surface area contributed by atoms with E-state index in [1.165, 1.54) is 12.1 Å². The lowest BCUT2D eigenvalue weighted by atomic mass is 10.0. The van der Waals surface area contributed by atoms with Gasteiger partial charge in [-0.05, 0) is 63.9 Å². The zero-order valence-electron chi connectivity index (χ0n) is 20.3. The van der Waals surface area contributed by atoms with E-state index in [-0.39, 0.29) is 22.3 Å². The lowest BCUT2D eigenvalue weighted by Gasteiger charge is -2.20. The number of nitrogens with zero attached hydrogens (tertiary/aromatic N) is 1. The van der Waals surface area contributed by atoms with Crippen LogP contribution in [0.2, 0.25) is 0 Å². The molecule has 1 aliphatic rings. The first kappa shape index (κ1) is 25.4. The molecular formula is C25H31N3O5S2. The van der Waals surface area contributed by atoms with Crippen molar-refractivity contribution in [3.05, 3.63) is 59.8 Å². The van der Waals surface area contributed by atoms with Crippen LogP contribution in [0.3, 0.4) is 0 Å². The summed E-state index contributed by atoms with van der Waals surface area (Å²) in [6.45, 7) is 5.26. The summed E-state index contributed by atoms with van der Waals surface area (Å²) >= 11 is 0. The third kappa shape index (κ3) is 5.76. The number of rotatable bonds is 7. The molecule has 0 amide bonds. The minimum Gasteiger partial charge on any atom is -0.344 e. The second-order valence-electron chi connectivity index (χ2n) is 10.2. The van der Waals surface area contributed by atoms with Crippen LogP contribution in [0.5, 0.6) is 0 Å². The molecule has 1 aliphatic carbocycles. The predicted octanol–water partition coefficient (Wildman–Crippen LogP) is 4.44. The fraction of sp³-hybridized carbons (Fsp3) is 0.400. The minimum atomic E-state index is -3.80. The molecule has 4 rings (SSSR count). The van der Waals surface area contributed by atoms with Gasteiger partial charge in [0.05, 0.1) is 22.4 Å². The molecule has 2 N–H and O–H groups in total. The first-order valence-corrected chi connectivity index (χ1v) is 14.9. The highest BCUT2D eigenvalue weighted by atomic mass is 32.2. The Balaban J connectivity index is 1.79. The summed E-state index contributed by atoms with van der Waals surface area (Å²) in [6, 6.07) is 11.4. The number of benzene rings is 2. The van der Waals surface area contributed by atoms with E-state index in [2.05, 4.69) is 14.0 Å². The van der Waals surface area contributed by atoms with Gasteiger partial charge in [0.15, 0.2) is 5.78 Å². The average molecular weight is 518 g/mol. The van der Waals surface area contributed by atoms with Gasteiger partial charge in [0, 0.05) is 34.3 Å². The Morgan fingerprint density at radius 2 is 1.69 bits per heavy atom. The summed E-state index contributed by atoms with van der Waals surface area (Å²) in [5, 5.41) is 0.696. The van der Waals surface area contributed by atoms with Gasteiger partial charge in [0.25, 0.3) is 0 Å². The third-order valence-corrected chi connectivity index (χ3v) is 8.31. The summed E-state index contributed by atoms with van der Waals surface area (Å²) in [7, 11) is -7.25. The molecule has 8 nitrogen and oxygen atoms in total. The highest BCUT2D eigenvalue weighted by Gasteiger charge is 2.26. The van der Waals surface area contributed by atoms with Crippen molar-refractivity contribution in [2.24, 2.45) is 0 Å². The lowest BCUT2D eigenvalue weighted by molar-refractivity contribution is 0.103. The van der Waals surface area contributed by atoms with Gasteiger partial charge in [-0.1, -0.05) is 25.0 Å². The maximum absolute atomic E-state index is 13.6. The van der Waals surface area contributed by atoms with Crippen LogP contribution in [0.25, 0.3) is 10.9 Å². The molecule has 1 heterocycles. The second kappa shape index (κ2) is 9.07. The predicted molar refractivity (Wildman–Crippen MR) is 138 cm³/mol. The van der Waals surface area contributed by atoms with Crippen LogP contribution < -0.4 is 9.44 Å². The van der Waals surface area contributed by atoms with E-state index < -0.39 is 25.6 Å². The van der Waals surface area contributed by atoms with Gasteiger partial charge in [0.2, 0.25) is 20.0 Å². The van der Waals surface area contributed by atoms with E-state index in [1.54, 1.807) is 51.1 Å². The highest BCUT2D eigenvalue weighted by molar-refractivity contribution is 7.92. The molecule has 35 heavy (non-hydrogen) atoms. The fourth-order valence-corrected chi connectivity index (χ4v) is 6.64. The van der Waals surface area contributed by atoms with Crippen LogP contribution in [0, 0.1) is 0 Å². The van der Waals surface area contributed by atoms with Gasteiger partial charge < -0.3 is 4.57 Å². The molecule has 0 atom stereocenters. The zero-order valence-corrected chi connectivity index (χ0v) is 22.0. The standard InChI is InChI=1S/C25H31N3O5S2/c1-25(2,3)27-35(32,33)20-11-7-8-17(14-20)24(29)22-16-28(19-9-5-6-10-19)23-15-18(12-13-21(22)23)26-34(4,30)31/h7-8,11-16,19,26-27H,5-6,9-10H2,1-4H3. The van der Waals surface area contributed by atoms with E-state index in [0.717, 1.165) is 37.5 Å². The van der Waals surface area contributed by atoms with Crippen molar-refractivity contribution in [2.45, 2.75) is 62.9 Å². The van der Waals surface area contributed by atoms with Gasteiger partial charge >= 0.3 is 0 Å². The van der Waals surface area contributed by atoms with Crippen molar-refractivity contribution in [1.82, 2.24) is 9.29 Å². The number of carbonyl (C=O) groups excluding carboxylic acids is 1. The number of nitrogens with one attached hydrogen (secondary N) is 2. The molecule has 0 saturated heterocycles. The normalized spacial score (nSPS) is 15.5. The summed E-state index contributed by atoms with van der Waals surface area (Å²) in [4.78, 5) is 13.7. The highest BCUT2D eigenvalue weighted by Crippen LogP contribution is 2.36. The zero-order chi connectivity index (χ0) is 25.6. The maximum atomic E-state index is 13.6. The van der Waals surface area contributed by atoms with Crippen molar-refractivity contribution in [2.75, 3.05) is 11.0 Å². The summed E-state index contributed by atoms with van der Waals surface area (Å²) < 4.78 is 56.3. The molecule has 3 aromatic rings. The Labute approximate surface area is 206 Å². The molecule has 188 valence electrons. The van der Waals surface area contributed by atoms with E-state index >= 15 is 0 Å². The molecule has 1 saturated carbocycles. The van der Waals surface area contributed by atoms with Crippen molar-refractivity contribution in [1.29, 1.82) is 0 Å². The molecule has 0 unspecified atom stereocenters. The smallest absolute Gasteiger partial charge is 0.241 e. The summed E-state index contributed by atoms with van der Waals surface area (Å²) in [5.74, 6) is -0.289. The third-order valence-electron chi connectivity index (χ3n) is 5.95. The monoisotopic (exact) mass is 517 g/mol. The van der Waals surface area contributed by atoms with E-state index in [1.807, 2.05) is 6.20 Å². The number of sulfonamides is 2. The SMILES string of the molecule is CC(C)(C)NS(=O)(=O)c1cccc(C(=O)c2cn(C3CCCC3)c3cc(NS(C)(=O)=O)ccc23)c1. The topological polar surface area (TPSA) is 114 Å². The molecule has 0 aliphatic heterocycles. The second-order valence-corrected chi connectivity index (χ2v) is 13.6. The quantitative estimate of drug-likeness (QED) is 0.450. The van der Waals surface area contributed by atoms with Crippen LogP contribution in [-0.2, 0) is 20.0 Å². The number of anilines is 1. The van der Waals surface area contributed by atoms with Crippen molar-refractivity contribution in [3.8, 4) is 0 Å². The number of aromatic nitrogens is 1. The Morgan fingerprint density at radius 3 is 2.31 bits per heavy atom. The molecule has 1 fully saturated rings. The molecule has 10 heteroatoms. The van der Waals surface area contributed by atoms with Crippen LogP contribution in [0.4, 0.5) is 5.69 Å². The molecular weight excluding hydrogens is 486 g/mol. The van der Waals surface area contributed by atoms with Crippen LogP contribution in [0.15, 0.2) is 53.6 Å². The van der Waals surface area contributed by atoms with E-state index in [9.17, 15) is 21.6 Å². The first-order chi connectivity index (χ1) is 16.2. The van der Waals surface area contributed by atoms with Crippen molar-refractivity contribution < 1.29 is 21.6 Å². The average Bonchev–Trinajstić information content (AvgIpc) is 3.38. The Bertz CT molecular complexity index is 1490. The van der Waals surface area contributed by atoms with Crippen LogP contribution in [-0.4, -0.2) is 39.0 Å². The largest absolute Gasteiger partial charge is 0.344 e. The van der Waals surface area contributed by atoms with Gasteiger partial charge in [0.1, 0.15) is 0 Å². The number of fused-ring (bicyclic) bond motifs is 1. The Kier molecular flexibility index (Phi) is 6.58. The van der Waals surface area contributed by atoms with Crippen LogP contribution in [0.1, 0.15) is 68.4 Å². The molecule has 0 spiro atoms. The van der Waals surface area contributed by atoms with Gasteiger partial charge in [-0.2, -0.15) is 0 Å². The number of hydrogen-bond donors (Lipinski definition) is 2. The van der Waals surface area contributed by atoms with Crippen molar-refractivity contribution in [3.63, 3.8) is 0 Å². The minimum absolute atomic E-state index is 0.0254. The molecule has 0 radical (unpaired) electrons. The lowest BCUT2D eigenvalue weighted by Crippen LogP contribution is -2.40. The summed E-state index contributed by atoms with van der Waals surface area (Å²) in [6.07, 6.45) is 7.06. The van der Waals surface area contributed by atoms with Gasteiger partial charge in [-0.3, -0.25) is 9.52 Å². The number of ketones is 1. The first-order valence-electron chi connectivity index (χ1n) is 11.5. The Morgan fingerprint density at radius 1 is 1.00 bits per heavy atom. The summed E-state index contributed by atoms with van der Waals surface area (Å²) in [5.41, 5.74) is 1.26. The van der Waals surface area contributed by atoms with Crippen molar-refractivity contribution >= 4 is 42.4 Å². The number of carbonyl (C=O) groups is 1. The van der Waals surface area contributed by atoms with Gasteiger partial charge in [-0.25, -0.2) is 21.6 Å². The van der Waals surface area contributed by atoms with Crippen LogP contribution >= 0.6 is 0 Å². The van der Waals surface area contributed by atoms with E-state index in [0.29, 0.717) is 16.6 Å². The fourth-order valence-electron chi connectivity index (χ4n) is 4.62. The molecule has 0 bridgehead atoms. The molecule has 2 aromatic carbocycles.